The van der Waals surface area contributed by atoms with E-state index in [1.54, 1.807) is 24.3 Å². The minimum Gasteiger partial charge on any atom is -0.383 e. The van der Waals surface area contributed by atoms with Gasteiger partial charge in [-0.25, -0.2) is 21.6 Å². The number of allylic oxidation sites excluding steroid dienone is 2. The monoisotopic (exact) mass is 585 g/mol. The number of nitrogens with one attached hydrogen (secondary N) is 1. The molecular formula is C28H31N3O7S2. The first kappa shape index (κ1) is 29.4. The first-order valence-electron chi connectivity index (χ1n) is 12.7. The third-order valence-electron chi connectivity index (χ3n) is 6.81. The Morgan fingerprint density at radius 3 is 2.00 bits per heavy atom. The summed E-state index contributed by atoms with van der Waals surface area (Å²) >= 11 is 0. The van der Waals surface area contributed by atoms with E-state index in [4.69, 9.17) is 4.84 Å². The summed E-state index contributed by atoms with van der Waals surface area (Å²) in [4.78, 5) is 16.8. The van der Waals surface area contributed by atoms with E-state index in [1.165, 1.54) is 48.5 Å². The lowest BCUT2D eigenvalue weighted by molar-refractivity contribution is -0.386. The molecule has 0 amide bonds. The summed E-state index contributed by atoms with van der Waals surface area (Å²) in [6.07, 6.45) is 4.84. The summed E-state index contributed by atoms with van der Waals surface area (Å²) in [7, 11) is -8.03. The van der Waals surface area contributed by atoms with Crippen LogP contribution in [0.4, 0.5) is 5.69 Å². The standard InChI is InChI=1S/C28H31N3O7S2/c1-21-11-15-25(16-12-21)39(34,35)29-19-23-7-3-4-8-24(23)20-30(38-28-10-6-5-9-27(28)31(32)33)40(36,37)26-17-13-22(2)14-18-26/h3-6,9-18,23-24,29H,7-8,19-20H2,1-2H3. The summed E-state index contributed by atoms with van der Waals surface area (Å²) in [6, 6.07) is 18.3. The van der Waals surface area contributed by atoms with Crippen LogP contribution in [0.15, 0.2) is 94.7 Å². The second kappa shape index (κ2) is 12.3. The van der Waals surface area contributed by atoms with Gasteiger partial charge in [-0.3, -0.25) is 10.1 Å². The van der Waals surface area contributed by atoms with Crippen molar-refractivity contribution in [2.75, 3.05) is 13.1 Å². The first-order chi connectivity index (χ1) is 19.0. The summed E-state index contributed by atoms with van der Waals surface area (Å²) < 4.78 is 56.7. The molecule has 10 nitrogen and oxygen atoms in total. The SMILES string of the molecule is Cc1ccc(S(=O)(=O)NCC2CC=CCC2CN(Oc2ccccc2[N+](=O)[O-])S(=O)(=O)c2ccc(C)cc2)cc1. The van der Waals surface area contributed by atoms with Gasteiger partial charge in [0, 0.05) is 12.6 Å². The average molecular weight is 586 g/mol. The minimum absolute atomic E-state index is 0.0281. The number of para-hydroxylation sites is 2. The van der Waals surface area contributed by atoms with Crippen molar-refractivity contribution in [1.82, 2.24) is 9.19 Å². The molecule has 0 aliphatic heterocycles. The van der Waals surface area contributed by atoms with E-state index in [2.05, 4.69) is 4.72 Å². The Balaban J connectivity index is 1.61. The number of nitro groups is 1. The third-order valence-corrected chi connectivity index (χ3v) is 9.88. The molecule has 0 saturated carbocycles. The molecule has 2 atom stereocenters. The predicted octanol–water partition coefficient (Wildman–Crippen LogP) is 4.76. The van der Waals surface area contributed by atoms with E-state index in [9.17, 15) is 26.9 Å². The Labute approximate surface area is 234 Å². The number of hydrogen-bond acceptors (Lipinski definition) is 7. The van der Waals surface area contributed by atoms with Crippen LogP contribution in [0.1, 0.15) is 24.0 Å². The zero-order chi connectivity index (χ0) is 28.9. The molecule has 0 bridgehead atoms. The van der Waals surface area contributed by atoms with Gasteiger partial charge < -0.3 is 4.84 Å². The Hall–Kier alpha value is -3.58. The van der Waals surface area contributed by atoms with Crippen LogP contribution in [0.5, 0.6) is 5.75 Å². The molecule has 1 aliphatic rings. The number of hydroxylamine groups is 1. The topological polar surface area (TPSA) is 136 Å². The van der Waals surface area contributed by atoms with E-state index in [0.717, 1.165) is 15.6 Å². The lowest BCUT2D eigenvalue weighted by atomic mass is 9.83. The molecule has 12 heteroatoms. The zero-order valence-electron chi connectivity index (χ0n) is 22.1. The van der Waals surface area contributed by atoms with Gasteiger partial charge in [0.25, 0.3) is 10.0 Å². The van der Waals surface area contributed by atoms with Crippen LogP contribution in [0.25, 0.3) is 0 Å². The van der Waals surface area contributed by atoms with Gasteiger partial charge >= 0.3 is 5.69 Å². The maximum Gasteiger partial charge on any atom is 0.313 e. The molecule has 0 saturated heterocycles. The fraction of sp³-hybridized carbons (Fsp3) is 0.286. The zero-order valence-corrected chi connectivity index (χ0v) is 23.8. The van der Waals surface area contributed by atoms with Crippen LogP contribution in [-0.2, 0) is 20.0 Å². The van der Waals surface area contributed by atoms with Crippen LogP contribution < -0.4 is 9.56 Å². The van der Waals surface area contributed by atoms with E-state index in [1.807, 2.05) is 26.0 Å². The third kappa shape index (κ3) is 6.94. The lowest BCUT2D eigenvalue weighted by Crippen LogP contribution is -2.43. The maximum atomic E-state index is 13.7. The predicted molar refractivity (Wildman–Crippen MR) is 151 cm³/mol. The molecule has 0 aromatic heterocycles. The van der Waals surface area contributed by atoms with Crippen molar-refractivity contribution in [2.45, 2.75) is 36.5 Å². The minimum atomic E-state index is -4.25. The number of sulfonamides is 2. The van der Waals surface area contributed by atoms with Crippen molar-refractivity contribution in [3.63, 3.8) is 0 Å². The van der Waals surface area contributed by atoms with Crippen molar-refractivity contribution >= 4 is 25.7 Å². The molecule has 212 valence electrons. The Bertz CT molecular complexity index is 1590. The number of nitro benzene ring substituents is 1. The highest BCUT2D eigenvalue weighted by molar-refractivity contribution is 7.89. The van der Waals surface area contributed by atoms with Crippen molar-refractivity contribution in [2.24, 2.45) is 11.8 Å². The Morgan fingerprint density at radius 1 is 0.850 bits per heavy atom. The van der Waals surface area contributed by atoms with Gasteiger partial charge in [0.15, 0.2) is 0 Å². The van der Waals surface area contributed by atoms with Crippen LogP contribution in [0.2, 0.25) is 0 Å². The second-order valence-electron chi connectivity index (χ2n) is 9.75. The van der Waals surface area contributed by atoms with Crippen LogP contribution >= 0.6 is 0 Å². The van der Waals surface area contributed by atoms with E-state index < -0.39 is 25.0 Å². The second-order valence-corrected chi connectivity index (χ2v) is 13.3. The van der Waals surface area contributed by atoms with Gasteiger partial charge in [-0.05, 0) is 73.3 Å². The number of nitrogens with zero attached hydrogens (tertiary/aromatic N) is 2. The van der Waals surface area contributed by atoms with Crippen molar-refractivity contribution < 1.29 is 26.6 Å². The maximum absolute atomic E-state index is 13.7. The van der Waals surface area contributed by atoms with E-state index in [-0.39, 0.29) is 46.2 Å². The highest BCUT2D eigenvalue weighted by atomic mass is 32.2. The quantitative estimate of drug-likeness (QED) is 0.195. The van der Waals surface area contributed by atoms with Crippen LogP contribution in [0, 0.1) is 35.8 Å². The molecule has 0 spiro atoms. The fourth-order valence-electron chi connectivity index (χ4n) is 4.42. The molecule has 40 heavy (non-hydrogen) atoms. The highest BCUT2D eigenvalue weighted by Gasteiger charge is 2.35. The highest BCUT2D eigenvalue weighted by Crippen LogP contribution is 2.32. The normalized spacial score (nSPS) is 17.6. The Morgan fingerprint density at radius 2 is 1.40 bits per heavy atom. The molecule has 3 aromatic rings. The molecule has 0 heterocycles. The molecule has 4 rings (SSSR count). The smallest absolute Gasteiger partial charge is 0.313 e. The molecule has 0 fully saturated rings. The lowest BCUT2D eigenvalue weighted by Gasteiger charge is -2.32. The summed E-state index contributed by atoms with van der Waals surface area (Å²) in [5.74, 6) is -0.810. The van der Waals surface area contributed by atoms with Crippen LogP contribution in [-0.4, -0.2) is 39.3 Å². The molecule has 2 unspecified atom stereocenters. The van der Waals surface area contributed by atoms with Gasteiger partial charge in [0.1, 0.15) is 0 Å². The van der Waals surface area contributed by atoms with Gasteiger partial charge in [-0.2, -0.15) is 0 Å². The van der Waals surface area contributed by atoms with Gasteiger partial charge in [-0.15, -0.1) is 0 Å². The van der Waals surface area contributed by atoms with Gasteiger partial charge in [-0.1, -0.05) is 59.7 Å². The van der Waals surface area contributed by atoms with Crippen molar-refractivity contribution in [3.8, 4) is 5.75 Å². The summed E-state index contributed by atoms with van der Waals surface area (Å²) in [6.45, 7) is 3.62. The van der Waals surface area contributed by atoms with Crippen LogP contribution in [0.3, 0.4) is 0 Å². The number of hydrogen-bond donors (Lipinski definition) is 1. The number of benzene rings is 3. The number of rotatable bonds is 11. The number of aryl methyl sites for hydroxylation is 2. The van der Waals surface area contributed by atoms with Crippen molar-refractivity contribution in [3.05, 3.63) is 106 Å². The van der Waals surface area contributed by atoms with E-state index >= 15 is 0 Å². The van der Waals surface area contributed by atoms with Gasteiger partial charge in [0.2, 0.25) is 15.8 Å². The Kier molecular flexibility index (Phi) is 9.04. The molecule has 1 aliphatic carbocycles. The molecular weight excluding hydrogens is 554 g/mol. The largest absolute Gasteiger partial charge is 0.383 e. The molecule has 0 radical (unpaired) electrons. The first-order valence-corrected chi connectivity index (χ1v) is 15.6. The van der Waals surface area contributed by atoms with Gasteiger partial charge in [0.05, 0.1) is 21.3 Å². The molecule has 3 aromatic carbocycles. The fourth-order valence-corrected chi connectivity index (χ4v) is 6.79. The summed E-state index contributed by atoms with van der Waals surface area (Å²) in [5.41, 5.74) is 1.42. The molecule has 1 N–H and O–H groups in total. The summed E-state index contributed by atoms with van der Waals surface area (Å²) in [5, 5.41) is 11.6. The van der Waals surface area contributed by atoms with E-state index in [0.29, 0.717) is 12.8 Å². The average Bonchev–Trinajstić information content (AvgIpc) is 2.93. The van der Waals surface area contributed by atoms with Crippen molar-refractivity contribution in [1.29, 1.82) is 0 Å².